The predicted molar refractivity (Wildman–Crippen MR) is 103 cm³/mol. The number of aliphatic hydroxyl groups excluding tert-OH is 1. The molecule has 0 bridgehead atoms. The number of fused-ring (bicyclic) bond motifs is 1. The molecule has 3 aromatic carbocycles. The van der Waals surface area contributed by atoms with Gasteiger partial charge < -0.3 is 5.11 Å². The fourth-order valence-electron chi connectivity index (χ4n) is 3.61. The van der Waals surface area contributed by atoms with E-state index in [0.29, 0.717) is 18.4 Å². The quantitative estimate of drug-likeness (QED) is 0.669. The third kappa shape index (κ3) is 2.74. The molecule has 3 aromatic rings. The number of Topliss-reactive ketones (excluding diaryl/α,β-unsaturated/α-hetero) is 1. The zero-order valence-electron chi connectivity index (χ0n) is 14.3. The van der Waals surface area contributed by atoms with Crippen LogP contribution in [0.5, 0.6) is 0 Å². The second-order valence-corrected chi connectivity index (χ2v) is 6.53. The molecule has 0 radical (unpaired) electrons. The molecule has 25 heavy (non-hydrogen) atoms. The average molecular weight is 328 g/mol. The fraction of sp³-hybridized carbons (Fsp3) is 0.174. The maximum absolute atomic E-state index is 12.3. The number of aryl methyl sites for hydroxylation is 1. The molecule has 2 heteroatoms. The highest BCUT2D eigenvalue weighted by molar-refractivity contribution is 6.23. The molecule has 124 valence electrons. The maximum atomic E-state index is 12.3. The van der Waals surface area contributed by atoms with Crippen molar-refractivity contribution in [2.75, 3.05) is 0 Å². The Morgan fingerprint density at radius 2 is 1.60 bits per heavy atom. The molecule has 0 saturated heterocycles. The average Bonchev–Trinajstić information content (AvgIpc) is 2.99. The highest BCUT2D eigenvalue weighted by Gasteiger charge is 2.26. The number of allylic oxidation sites excluding steroid dienone is 2. The van der Waals surface area contributed by atoms with Crippen molar-refractivity contribution in [3.8, 4) is 11.1 Å². The smallest absolute Gasteiger partial charge is 0.167 e. The highest BCUT2D eigenvalue weighted by atomic mass is 16.3. The number of hydrogen-bond acceptors (Lipinski definition) is 2. The zero-order valence-corrected chi connectivity index (χ0v) is 14.3. The summed E-state index contributed by atoms with van der Waals surface area (Å²) in [7, 11) is 0. The van der Waals surface area contributed by atoms with Gasteiger partial charge in [0, 0.05) is 12.8 Å². The van der Waals surface area contributed by atoms with E-state index in [1.165, 1.54) is 10.8 Å². The molecule has 0 amide bonds. The summed E-state index contributed by atoms with van der Waals surface area (Å²) in [5, 5.41) is 12.6. The van der Waals surface area contributed by atoms with Gasteiger partial charge in [-0.3, -0.25) is 4.79 Å². The van der Waals surface area contributed by atoms with Crippen LogP contribution in [0.15, 0.2) is 66.4 Å². The molecule has 1 aliphatic carbocycles. The summed E-state index contributed by atoms with van der Waals surface area (Å²) in [6.45, 7) is 2.07. The van der Waals surface area contributed by atoms with Crippen LogP contribution in [-0.4, -0.2) is 10.9 Å². The number of carbonyl (C=O) groups is 1. The molecule has 0 heterocycles. The summed E-state index contributed by atoms with van der Waals surface area (Å²) in [6.07, 6.45) is 1.69. The van der Waals surface area contributed by atoms with Gasteiger partial charge in [0.05, 0.1) is 5.57 Å². The lowest BCUT2D eigenvalue weighted by molar-refractivity contribution is -0.113. The zero-order chi connectivity index (χ0) is 17.4. The van der Waals surface area contributed by atoms with E-state index < -0.39 is 0 Å². The molecule has 0 aliphatic heterocycles. The number of rotatable bonds is 3. The first-order valence-electron chi connectivity index (χ1n) is 8.75. The largest absolute Gasteiger partial charge is 0.512 e. The topological polar surface area (TPSA) is 37.3 Å². The van der Waals surface area contributed by atoms with E-state index in [0.717, 1.165) is 28.7 Å². The lowest BCUT2D eigenvalue weighted by Crippen LogP contribution is -2.01. The van der Waals surface area contributed by atoms with Crippen LogP contribution >= 0.6 is 0 Å². The number of carbonyl (C=O) groups excluding carboxylic acids is 1. The van der Waals surface area contributed by atoms with Gasteiger partial charge in [-0.2, -0.15) is 0 Å². The Balaban J connectivity index is 1.87. The summed E-state index contributed by atoms with van der Waals surface area (Å²) >= 11 is 0. The number of benzene rings is 3. The molecule has 0 saturated carbocycles. The molecule has 0 unspecified atom stereocenters. The molecule has 0 spiro atoms. The van der Waals surface area contributed by atoms with Crippen LogP contribution in [0.1, 0.15) is 30.9 Å². The van der Waals surface area contributed by atoms with Crippen molar-refractivity contribution < 1.29 is 9.90 Å². The second kappa shape index (κ2) is 6.21. The Hall–Kier alpha value is -2.87. The van der Waals surface area contributed by atoms with E-state index in [-0.39, 0.29) is 11.5 Å². The summed E-state index contributed by atoms with van der Waals surface area (Å²) in [4.78, 5) is 12.3. The lowest BCUT2D eigenvalue weighted by Gasteiger charge is -2.12. The van der Waals surface area contributed by atoms with Crippen LogP contribution in [0.4, 0.5) is 0 Å². The van der Waals surface area contributed by atoms with E-state index in [1.54, 1.807) is 0 Å². The van der Waals surface area contributed by atoms with Crippen molar-refractivity contribution in [2.45, 2.75) is 26.2 Å². The van der Waals surface area contributed by atoms with Crippen LogP contribution < -0.4 is 0 Å². The van der Waals surface area contributed by atoms with Gasteiger partial charge in [0.1, 0.15) is 5.76 Å². The Labute approximate surface area is 147 Å². The van der Waals surface area contributed by atoms with Crippen molar-refractivity contribution in [1.29, 1.82) is 0 Å². The van der Waals surface area contributed by atoms with E-state index in [4.69, 9.17) is 0 Å². The Morgan fingerprint density at radius 3 is 2.32 bits per heavy atom. The number of aliphatic hydroxyl groups is 1. The van der Waals surface area contributed by atoms with Gasteiger partial charge in [0.25, 0.3) is 0 Å². The molecule has 4 rings (SSSR count). The van der Waals surface area contributed by atoms with Gasteiger partial charge in [-0.15, -0.1) is 0 Å². The van der Waals surface area contributed by atoms with E-state index in [9.17, 15) is 9.90 Å². The molecule has 1 aliphatic rings. The van der Waals surface area contributed by atoms with Gasteiger partial charge in [-0.1, -0.05) is 55.5 Å². The lowest BCUT2D eigenvalue weighted by atomic mass is 9.92. The van der Waals surface area contributed by atoms with Crippen LogP contribution in [0.3, 0.4) is 0 Å². The highest BCUT2D eigenvalue weighted by Crippen LogP contribution is 2.35. The van der Waals surface area contributed by atoms with Crippen LogP contribution in [0.2, 0.25) is 0 Å². The minimum atomic E-state index is 0.0443. The van der Waals surface area contributed by atoms with Crippen molar-refractivity contribution in [1.82, 2.24) is 0 Å². The standard InChI is InChI=1S/C23H20O2/c1-2-15-7-9-19(14-20(15)23-21(24)11-12-22(23)25)18-10-8-16-5-3-4-6-17(16)13-18/h3-10,13-14,24H,2,11-12H2,1H3. The Morgan fingerprint density at radius 1 is 0.880 bits per heavy atom. The maximum Gasteiger partial charge on any atom is 0.167 e. The van der Waals surface area contributed by atoms with Crippen molar-refractivity contribution >= 4 is 22.1 Å². The monoisotopic (exact) mass is 328 g/mol. The van der Waals surface area contributed by atoms with Crippen LogP contribution in [0, 0.1) is 0 Å². The summed E-state index contributed by atoms with van der Waals surface area (Å²) < 4.78 is 0. The normalized spacial score (nSPS) is 14.5. The molecule has 0 atom stereocenters. The van der Waals surface area contributed by atoms with E-state index in [1.807, 2.05) is 12.1 Å². The third-order valence-electron chi connectivity index (χ3n) is 5.00. The van der Waals surface area contributed by atoms with Gasteiger partial charge in [-0.05, 0) is 51.6 Å². The van der Waals surface area contributed by atoms with Gasteiger partial charge >= 0.3 is 0 Å². The SMILES string of the molecule is CCc1ccc(-c2ccc3ccccc3c2)cc1C1=C(O)CCC1=O. The first-order chi connectivity index (χ1) is 12.2. The minimum absolute atomic E-state index is 0.0443. The molecule has 2 nitrogen and oxygen atoms in total. The minimum Gasteiger partial charge on any atom is -0.512 e. The third-order valence-corrected chi connectivity index (χ3v) is 5.00. The van der Waals surface area contributed by atoms with Gasteiger partial charge in [0.2, 0.25) is 0 Å². The van der Waals surface area contributed by atoms with E-state index in [2.05, 4.69) is 55.5 Å². The molecule has 0 fully saturated rings. The summed E-state index contributed by atoms with van der Waals surface area (Å²) in [5.41, 5.74) is 4.68. The molecular formula is C23H20O2. The van der Waals surface area contributed by atoms with E-state index >= 15 is 0 Å². The Kier molecular flexibility index (Phi) is 3.89. The summed E-state index contributed by atoms with van der Waals surface area (Å²) in [6, 6.07) is 20.9. The Bertz CT molecular complexity index is 1010. The number of hydrogen-bond donors (Lipinski definition) is 1. The van der Waals surface area contributed by atoms with Crippen LogP contribution in [0.25, 0.3) is 27.5 Å². The first-order valence-corrected chi connectivity index (χ1v) is 8.75. The predicted octanol–water partition coefficient (Wildman–Crippen LogP) is 5.70. The van der Waals surface area contributed by atoms with Crippen molar-refractivity contribution in [3.05, 3.63) is 77.5 Å². The van der Waals surface area contributed by atoms with Gasteiger partial charge in [-0.25, -0.2) is 0 Å². The number of ketones is 1. The van der Waals surface area contributed by atoms with Gasteiger partial charge in [0.15, 0.2) is 5.78 Å². The first kappa shape index (κ1) is 15.6. The summed E-state index contributed by atoms with van der Waals surface area (Å²) in [5.74, 6) is 0.276. The van der Waals surface area contributed by atoms with Crippen molar-refractivity contribution in [2.24, 2.45) is 0 Å². The fourth-order valence-corrected chi connectivity index (χ4v) is 3.61. The molecule has 1 N–H and O–H groups in total. The molecular weight excluding hydrogens is 308 g/mol. The van der Waals surface area contributed by atoms with Crippen LogP contribution in [-0.2, 0) is 11.2 Å². The second-order valence-electron chi connectivity index (χ2n) is 6.53. The van der Waals surface area contributed by atoms with Crippen molar-refractivity contribution in [3.63, 3.8) is 0 Å². The molecule has 0 aromatic heterocycles.